The number of benzene rings is 6. The van der Waals surface area contributed by atoms with Crippen molar-refractivity contribution in [2.75, 3.05) is 0 Å². The van der Waals surface area contributed by atoms with Gasteiger partial charge in [-0.1, -0.05) is 0 Å². The molecule has 2 unspecified atom stereocenters. The predicted octanol–water partition coefficient (Wildman–Crippen LogP) is 19.4. The number of halogens is 2. The van der Waals surface area contributed by atoms with Gasteiger partial charge in [0.1, 0.15) is 0 Å². The Hall–Kier alpha value is -3.52. The minimum atomic E-state index is -5.90. The van der Waals surface area contributed by atoms with Gasteiger partial charge in [-0.15, -0.1) is 0 Å². The standard InChI is InChI=1S/2C30H41.C12H9Si.2ClH.Zr/c2*1-11-12-20-15-21-13-14-26(30(8,9)10)27(25(21)16-20)22-17-23(28(2,3)4)19-24(18-22)29(5,6)7;1-3-7-11-9(5-1)10-6-2-4-8-12(10)13-11;;;/h2*13-19H,11-12H2,1-10H3;1-7H,13H2;2*1H;/q;;;;;+2/p-2. The van der Waals surface area contributed by atoms with E-state index >= 15 is 0 Å². The van der Waals surface area contributed by atoms with Crippen LogP contribution in [0.3, 0.4) is 0 Å². The zero-order valence-corrected chi connectivity index (χ0v) is 55.8. The molecule has 0 nitrogen and oxygen atoms in total. The van der Waals surface area contributed by atoms with Crippen LogP contribution in [-0.2, 0) is 48.9 Å². The number of allylic oxidation sites excluding steroid dienone is 2. The summed E-state index contributed by atoms with van der Waals surface area (Å²) in [6.07, 6.45) is 9.14. The number of hydrogen-bond acceptors (Lipinski definition) is 0. The summed E-state index contributed by atoms with van der Waals surface area (Å²) in [5.74, 6) is 0. The van der Waals surface area contributed by atoms with E-state index in [1.54, 1.807) is 0 Å². The first-order valence-corrected chi connectivity index (χ1v) is 40.8. The molecule has 0 bridgehead atoms. The van der Waals surface area contributed by atoms with Gasteiger partial charge in [-0.05, 0) is 0 Å². The molecule has 0 radical (unpaired) electrons. The summed E-state index contributed by atoms with van der Waals surface area (Å²) in [5, 5.41) is 2.98. The summed E-state index contributed by atoms with van der Waals surface area (Å²) in [6.45, 7) is 47.4. The molecule has 0 saturated carbocycles. The van der Waals surface area contributed by atoms with E-state index < -0.39 is 25.9 Å². The third-order valence-electron chi connectivity index (χ3n) is 17.6. The summed E-state index contributed by atoms with van der Waals surface area (Å²) in [7, 11) is 18.6. The molecular formula is C72H91Cl2SiZr. The molecule has 2 aliphatic carbocycles. The van der Waals surface area contributed by atoms with E-state index in [0.29, 0.717) is 0 Å². The van der Waals surface area contributed by atoms with Gasteiger partial charge in [0.2, 0.25) is 0 Å². The molecule has 0 N–H and O–H groups in total. The summed E-state index contributed by atoms with van der Waals surface area (Å²) in [4.78, 5) is 0. The van der Waals surface area contributed by atoms with Gasteiger partial charge in [0, 0.05) is 0 Å². The van der Waals surface area contributed by atoms with E-state index in [0.717, 1.165) is 25.7 Å². The average molecular weight is 1150 g/mol. The molecule has 1 heterocycles. The number of hydrogen-bond donors (Lipinski definition) is 0. The quantitative estimate of drug-likeness (QED) is 0.126. The van der Waals surface area contributed by atoms with Crippen molar-refractivity contribution in [1.29, 1.82) is 0 Å². The van der Waals surface area contributed by atoms with Crippen molar-refractivity contribution < 1.29 is 16.4 Å². The molecule has 1 aliphatic heterocycles. The van der Waals surface area contributed by atoms with E-state index in [9.17, 15) is 17.0 Å². The fraction of sp³-hybridized carbons (Fsp3) is 0.444. The first-order chi connectivity index (χ1) is 35.1. The second-order valence-corrected chi connectivity index (χ2v) is 52.1. The van der Waals surface area contributed by atoms with E-state index in [1.165, 1.54) is 114 Å². The van der Waals surface area contributed by atoms with Crippen molar-refractivity contribution in [3.63, 3.8) is 0 Å². The van der Waals surface area contributed by atoms with Gasteiger partial charge in [0.25, 0.3) is 0 Å². The molecule has 3 aliphatic rings. The van der Waals surface area contributed by atoms with Crippen molar-refractivity contribution in [2.24, 2.45) is 0 Å². The topological polar surface area (TPSA) is 0 Å². The Morgan fingerprint density at radius 2 is 0.816 bits per heavy atom. The summed E-state index contributed by atoms with van der Waals surface area (Å²) >= 11 is -5.90. The van der Waals surface area contributed by atoms with Gasteiger partial charge in [-0.2, -0.15) is 0 Å². The van der Waals surface area contributed by atoms with Crippen LogP contribution in [0.4, 0.5) is 0 Å². The second kappa shape index (κ2) is 19.3. The molecule has 0 saturated heterocycles. The van der Waals surface area contributed by atoms with Crippen molar-refractivity contribution in [1.82, 2.24) is 0 Å². The van der Waals surface area contributed by atoms with Gasteiger partial charge in [-0.25, -0.2) is 0 Å². The van der Waals surface area contributed by atoms with Crippen LogP contribution in [0.2, 0.25) is 0 Å². The van der Waals surface area contributed by atoms with Crippen LogP contribution in [0.15, 0.2) is 114 Å². The van der Waals surface area contributed by atoms with Gasteiger partial charge in [0.05, 0.1) is 0 Å². The molecule has 0 spiro atoms. The van der Waals surface area contributed by atoms with Crippen molar-refractivity contribution in [3.8, 4) is 33.4 Å². The molecule has 76 heavy (non-hydrogen) atoms. The molecule has 4 heteroatoms. The normalized spacial score (nSPS) is 17.7. The third-order valence-corrected chi connectivity index (χ3v) is 40.4. The first-order valence-electron chi connectivity index (χ1n) is 28.9. The van der Waals surface area contributed by atoms with E-state index in [1.807, 2.05) is 0 Å². The van der Waals surface area contributed by atoms with Crippen LogP contribution in [-0.4, -0.2) is 9.52 Å². The van der Waals surface area contributed by atoms with Crippen molar-refractivity contribution >= 4 is 52.3 Å². The Morgan fingerprint density at radius 3 is 1.18 bits per heavy atom. The summed E-state index contributed by atoms with van der Waals surface area (Å²) in [6, 6.07) is 41.3. The van der Waals surface area contributed by atoms with Crippen LogP contribution in [0.5, 0.6) is 0 Å². The van der Waals surface area contributed by atoms with Gasteiger partial charge < -0.3 is 0 Å². The van der Waals surface area contributed by atoms with Crippen molar-refractivity contribution in [3.05, 3.63) is 170 Å². The maximum atomic E-state index is 9.79. The van der Waals surface area contributed by atoms with E-state index in [-0.39, 0.29) is 39.7 Å². The molecular weight excluding hydrogens is 1060 g/mol. The average Bonchev–Trinajstić information content (AvgIpc) is 4.05. The Labute approximate surface area is 472 Å². The Morgan fingerprint density at radius 1 is 0.434 bits per heavy atom. The van der Waals surface area contributed by atoms with E-state index in [2.05, 4.69) is 254 Å². The van der Waals surface area contributed by atoms with Crippen molar-refractivity contribution in [2.45, 2.75) is 204 Å². The monoisotopic (exact) mass is 1140 g/mol. The Kier molecular flexibility index (Phi) is 14.6. The fourth-order valence-electron chi connectivity index (χ4n) is 13.5. The maximum absolute atomic E-state index is 9.79. The van der Waals surface area contributed by atoms with Crippen LogP contribution >= 0.6 is 17.0 Å². The fourth-order valence-corrected chi connectivity index (χ4v) is 41.5. The number of rotatable bonds is 9. The molecule has 0 amide bonds. The van der Waals surface area contributed by atoms with Gasteiger partial charge in [0.15, 0.2) is 0 Å². The Bertz CT molecular complexity index is 3110. The van der Waals surface area contributed by atoms with Crippen LogP contribution in [0, 0.1) is 0 Å². The van der Waals surface area contributed by atoms with Gasteiger partial charge >= 0.3 is 476 Å². The molecule has 9 rings (SSSR count). The molecule has 0 aromatic heterocycles. The van der Waals surface area contributed by atoms with E-state index in [4.69, 9.17) is 0 Å². The van der Waals surface area contributed by atoms with Gasteiger partial charge in [-0.3, -0.25) is 0 Å². The first kappa shape index (κ1) is 57.2. The summed E-state index contributed by atoms with van der Waals surface area (Å²) < 4.78 is 1.01. The number of fused-ring (bicyclic) bond motifs is 5. The zero-order chi connectivity index (χ0) is 55.7. The third kappa shape index (κ3) is 9.89. The summed E-state index contributed by atoms with van der Waals surface area (Å²) in [5.41, 5.74) is 24.0. The molecule has 6 aromatic carbocycles. The second-order valence-electron chi connectivity index (χ2n) is 29.7. The van der Waals surface area contributed by atoms with Crippen LogP contribution in [0.25, 0.3) is 45.5 Å². The predicted molar refractivity (Wildman–Crippen MR) is 338 cm³/mol. The molecule has 401 valence electrons. The van der Waals surface area contributed by atoms with Crippen LogP contribution < -0.4 is 13.6 Å². The van der Waals surface area contributed by atoms with Crippen LogP contribution in [0.1, 0.15) is 227 Å². The molecule has 0 fully saturated rings. The Balaban J connectivity index is 1.44. The molecule has 2 atom stereocenters. The SMILES string of the molecule is CCCC1=Cc2c(ccc(C(C)(C)C)c2-c2cc(C(C)(C)C)cc(C(C)(C)C)c2)[CH]1[Zr]([Cl])([Cl])([c]1cccc2c1[SiH2]c1ccccc1-2)[CH]1C(CCC)=Cc2c1ccc(C(C)(C)C)c2-c1cc(C(C)(C)C)cc(C(C)(C)C)c1. The molecule has 6 aromatic rings. The zero-order valence-electron chi connectivity index (χ0n) is 50.4. The minimum absolute atomic E-state index is 0.0371.